The van der Waals surface area contributed by atoms with Gasteiger partial charge in [0.2, 0.25) is 5.91 Å². The minimum Gasteiger partial charge on any atom is -0.307 e. The number of pyridine rings is 1. The summed E-state index contributed by atoms with van der Waals surface area (Å²) >= 11 is 15.6. The normalized spacial score (nSPS) is 13.7. The van der Waals surface area contributed by atoms with E-state index in [-0.39, 0.29) is 18.0 Å². The van der Waals surface area contributed by atoms with Crippen molar-refractivity contribution in [2.75, 3.05) is 5.32 Å². The molecule has 0 saturated heterocycles. The number of aryl methyl sites for hydroxylation is 1. The zero-order valence-corrected chi connectivity index (χ0v) is 21.5. The third kappa shape index (κ3) is 5.05. The summed E-state index contributed by atoms with van der Waals surface area (Å²) in [5, 5.41) is 12.8. The van der Waals surface area contributed by atoms with Crippen LogP contribution in [0.2, 0.25) is 10.0 Å². The minimum absolute atomic E-state index is 0.0941. The van der Waals surface area contributed by atoms with Gasteiger partial charge in [0.15, 0.2) is 11.5 Å². The van der Waals surface area contributed by atoms with Crippen LogP contribution in [0.25, 0.3) is 11.0 Å². The van der Waals surface area contributed by atoms with Crippen LogP contribution in [0.1, 0.15) is 47.7 Å². The van der Waals surface area contributed by atoms with Crippen molar-refractivity contribution in [3.05, 3.63) is 67.5 Å². The van der Waals surface area contributed by atoms with E-state index in [1.807, 2.05) is 0 Å². The average Bonchev–Trinajstić information content (AvgIpc) is 3.53. The predicted octanol–water partition coefficient (Wildman–Crippen LogP) is 6.51. The van der Waals surface area contributed by atoms with Crippen molar-refractivity contribution < 1.29 is 13.6 Å². The van der Waals surface area contributed by atoms with Crippen molar-refractivity contribution in [3.63, 3.8) is 0 Å². The van der Waals surface area contributed by atoms with Crippen LogP contribution in [0, 0.1) is 6.92 Å². The van der Waals surface area contributed by atoms with Crippen molar-refractivity contribution in [2.45, 2.75) is 45.2 Å². The topological polar surface area (TPSA) is 77.6 Å². The smallest absolute Gasteiger partial charge is 0.264 e. The largest absolute Gasteiger partial charge is 0.307 e. The summed E-state index contributed by atoms with van der Waals surface area (Å²) in [4.78, 5) is 17.4. The number of alkyl halides is 2. The molecule has 1 fully saturated rings. The van der Waals surface area contributed by atoms with Crippen LogP contribution in [0.4, 0.5) is 14.6 Å². The number of aromatic nitrogens is 5. The zero-order chi connectivity index (χ0) is 24.9. The van der Waals surface area contributed by atoms with Crippen molar-refractivity contribution in [1.29, 1.82) is 0 Å². The molecule has 0 spiro atoms. The van der Waals surface area contributed by atoms with Crippen LogP contribution in [-0.2, 0) is 17.9 Å². The highest BCUT2D eigenvalue weighted by atomic mass is 79.9. The number of halogens is 5. The van der Waals surface area contributed by atoms with Gasteiger partial charge in [0.25, 0.3) is 6.43 Å². The number of hydrogen-bond acceptors (Lipinski definition) is 4. The molecule has 1 saturated carbocycles. The molecule has 1 aliphatic carbocycles. The quantitative estimate of drug-likeness (QED) is 0.269. The molecule has 0 unspecified atom stereocenters. The van der Waals surface area contributed by atoms with E-state index < -0.39 is 12.3 Å². The first-order valence-electron chi connectivity index (χ1n) is 10.8. The molecule has 5 rings (SSSR count). The van der Waals surface area contributed by atoms with Gasteiger partial charge in [-0.1, -0.05) is 29.3 Å². The summed E-state index contributed by atoms with van der Waals surface area (Å²) in [7, 11) is 0. The van der Waals surface area contributed by atoms with Crippen molar-refractivity contribution in [2.24, 2.45) is 0 Å². The van der Waals surface area contributed by atoms with Crippen molar-refractivity contribution in [3.8, 4) is 0 Å². The third-order valence-corrected chi connectivity index (χ3v) is 6.94. The summed E-state index contributed by atoms with van der Waals surface area (Å²) in [5.41, 5.74) is 2.04. The van der Waals surface area contributed by atoms with Gasteiger partial charge in [-0.05, 0) is 59.5 Å². The highest BCUT2D eigenvalue weighted by Gasteiger charge is 2.29. The van der Waals surface area contributed by atoms with E-state index in [1.54, 1.807) is 36.0 Å². The maximum absolute atomic E-state index is 13.8. The van der Waals surface area contributed by atoms with E-state index in [4.69, 9.17) is 23.2 Å². The number of nitrogens with zero attached hydrogens (tertiary/aromatic N) is 5. The number of rotatable bonds is 7. The van der Waals surface area contributed by atoms with Crippen molar-refractivity contribution in [1.82, 2.24) is 24.5 Å². The first-order chi connectivity index (χ1) is 16.7. The van der Waals surface area contributed by atoms with Crippen LogP contribution in [-0.4, -0.2) is 30.5 Å². The Morgan fingerprint density at radius 2 is 2.03 bits per heavy atom. The maximum Gasteiger partial charge on any atom is 0.264 e. The summed E-state index contributed by atoms with van der Waals surface area (Å²) in [6.07, 6.45) is 0.906. The van der Waals surface area contributed by atoms with Gasteiger partial charge in [-0.2, -0.15) is 10.2 Å². The van der Waals surface area contributed by atoms with E-state index in [0.29, 0.717) is 49.3 Å². The summed E-state index contributed by atoms with van der Waals surface area (Å²) in [5.74, 6) is 0.0821. The molecule has 3 heterocycles. The standard InChI is InChI=1S/C23H19BrCl2F2N6O/c1-11-20-15(21(27)28)7-18(12-2-3-12)29-23(20)34(31-11)10-19(35)30-22-16(24)9-33(32-22)8-13-4-5-14(25)6-17(13)26/h4-7,9,12,21H,2-3,8,10H2,1H3,(H,30,32,35). The number of carbonyl (C=O) groups excluding carboxylic acids is 1. The monoisotopic (exact) mass is 582 g/mol. The van der Waals surface area contributed by atoms with Crippen LogP contribution in [0.15, 0.2) is 34.9 Å². The third-order valence-electron chi connectivity index (χ3n) is 5.77. The van der Waals surface area contributed by atoms with E-state index in [9.17, 15) is 13.6 Å². The maximum atomic E-state index is 13.8. The molecule has 7 nitrogen and oxygen atoms in total. The Balaban J connectivity index is 1.36. The molecule has 1 amide bonds. The van der Waals surface area contributed by atoms with Crippen molar-refractivity contribution >= 4 is 61.9 Å². The molecule has 3 aromatic heterocycles. The lowest BCUT2D eigenvalue weighted by molar-refractivity contribution is -0.116. The number of nitrogens with one attached hydrogen (secondary N) is 1. The molecular formula is C23H19BrCl2F2N6O. The highest BCUT2D eigenvalue weighted by Crippen LogP contribution is 2.42. The van der Waals surface area contributed by atoms with Crippen LogP contribution in [0.5, 0.6) is 0 Å². The molecule has 0 aliphatic heterocycles. The van der Waals surface area contributed by atoms with Crippen LogP contribution >= 0.6 is 39.1 Å². The van der Waals surface area contributed by atoms with Gasteiger partial charge >= 0.3 is 0 Å². The molecule has 12 heteroatoms. The molecule has 35 heavy (non-hydrogen) atoms. The first-order valence-corrected chi connectivity index (χ1v) is 12.4. The van der Waals surface area contributed by atoms with Gasteiger partial charge in [-0.15, -0.1) is 0 Å². The van der Waals surface area contributed by atoms with E-state index in [0.717, 1.165) is 18.4 Å². The number of anilines is 1. The molecule has 1 N–H and O–H groups in total. The number of carbonyl (C=O) groups is 1. The number of fused-ring (bicyclic) bond motifs is 1. The second-order valence-electron chi connectivity index (χ2n) is 8.46. The fourth-order valence-corrected chi connectivity index (χ4v) is 4.86. The van der Waals surface area contributed by atoms with Crippen LogP contribution < -0.4 is 5.32 Å². The Labute approximate surface area is 217 Å². The fraction of sp³-hybridized carbons (Fsp3) is 0.304. The highest BCUT2D eigenvalue weighted by molar-refractivity contribution is 9.10. The molecule has 4 aromatic rings. The molecule has 0 bridgehead atoms. The van der Waals surface area contributed by atoms with E-state index >= 15 is 0 Å². The minimum atomic E-state index is -2.66. The van der Waals surface area contributed by atoms with Gasteiger partial charge in [0.05, 0.1) is 22.1 Å². The Bertz CT molecular complexity index is 1450. The van der Waals surface area contributed by atoms with Gasteiger partial charge in [0.1, 0.15) is 6.54 Å². The molecule has 182 valence electrons. The predicted molar refractivity (Wildman–Crippen MR) is 133 cm³/mol. The molecule has 1 aromatic carbocycles. The molecule has 0 atom stereocenters. The van der Waals surface area contributed by atoms with Crippen LogP contribution in [0.3, 0.4) is 0 Å². The number of amides is 1. The lowest BCUT2D eigenvalue weighted by Crippen LogP contribution is -2.20. The lowest BCUT2D eigenvalue weighted by atomic mass is 10.1. The molecular weight excluding hydrogens is 565 g/mol. The SMILES string of the molecule is Cc1nn(CC(=O)Nc2nn(Cc3ccc(Cl)cc3Cl)cc2Br)c2nc(C3CC3)cc(C(F)F)c12. The van der Waals surface area contributed by atoms with Gasteiger partial charge in [-0.25, -0.2) is 18.4 Å². The Morgan fingerprint density at radius 3 is 2.71 bits per heavy atom. The fourth-order valence-electron chi connectivity index (χ4n) is 3.97. The van der Waals surface area contributed by atoms with Gasteiger partial charge in [-0.3, -0.25) is 9.48 Å². The van der Waals surface area contributed by atoms with E-state index in [2.05, 4.69) is 36.4 Å². The number of hydrogen-bond donors (Lipinski definition) is 1. The lowest BCUT2D eigenvalue weighted by Gasteiger charge is -2.08. The van der Waals surface area contributed by atoms with Gasteiger partial charge in [0, 0.05) is 33.4 Å². The second kappa shape index (κ2) is 9.48. The molecule has 0 radical (unpaired) electrons. The Morgan fingerprint density at radius 1 is 1.26 bits per heavy atom. The van der Waals surface area contributed by atoms with E-state index in [1.165, 1.54) is 10.7 Å². The second-order valence-corrected chi connectivity index (χ2v) is 10.2. The zero-order valence-electron chi connectivity index (χ0n) is 18.4. The Hall–Kier alpha value is -2.56. The first kappa shape index (κ1) is 24.1. The average molecular weight is 584 g/mol. The summed E-state index contributed by atoms with van der Waals surface area (Å²) < 4.78 is 31.1. The Kier molecular flexibility index (Phi) is 6.54. The summed E-state index contributed by atoms with van der Waals surface area (Å²) in [6.45, 7) is 1.81. The number of benzene rings is 1. The molecule has 1 aliphatic rings. The summed E-state index contributed by atoms with van der Waals surface area (Å²) in [6, 6.07) is 6.67. The van der Waals surface area contributed by atoms with Gasteiger partial charge < -0.3 is 5.32 Å².